The van der Waals surface area contributed by atoms with Crippen molar-refractivity contribution in [3.63, 3.8) is 0 Å². The largest absolute Gasteiger partial charge is 0.493 e. The molecule has 4 N–H and O–H groups in total. The van der Waals surface area contributed by atoms with Gasteiger partial charge >= 0.3 is 6.18 Å². The van der Waals surface area contributed by atoms with Crippen LogP contribution in [0.2, 0.25) is 0 Å². The van der Waals surface area contributed by atoms with Gasteiger partial charge in [-0.05, 0) is 82.6 Å². The number of amides is 1. The summed E-state index contributed by atoms with van der Waals surface area (Å²) in [5.74, 6) is -1.18. The van der Waals surface area contributed by atoms with E-state index >= 15 is 0 Å². The summed E-state index contributed by atoms with van der Waals surface area (Å²) in [4.78, 5) is 17.3. The molecule has 1 aliphatic rings. The first-order valence-electron chi connectivity index (χ1n) is 15.1. The molecule has 15 heteroatoms. The number of carbonyl (C=O) groups excluding carboxylic acids is 1. The van der Waals surface area contributed by atoms with Gasteiger partial charge in [-0.1, -0.05) is 6.92 Å². The molecule has 0 saturated carbocycles. The van der Waals surface area contributed by atoms with Gasteiger partial charge in [0.25, 0.3) is 5.91 Å². The van der Waals surface area contributed by atoms with Crippen LogP contribution in [0.3, 0.4) is 0 Å². The van der Waals surface area contributed by atoms with Crippen molar-refractivity contribution in [1.82, 2.24) is 15.0 Å². The summed E-state index contributed by atoms with van der Waals surface area (Å²) in [6.45, 7) is 6.92. The molecule has 0 spiro atoms. The molecule has 2 heterocycles. The molecule has 48 heavy (non-hydrogen) atoms. The molecule has 262 valence electrons. The van der Waals surface area contributed by atoms with Crippen molar-refractivity contribution in [2.45, 2.75) is 69.2 Å². The van der Waals surface area contributed by atoms with Gasteiger partial charge < -0.3 is 29.7 Å². The molecule has 0 saturated heterocycles. The summed E-state index contributed by atoms with van der Waals surface area (Å²) in [5, 5.41) is 23.1. The van der Waals surface area contributed by atoms with Crippen molar-refractivity contribution >= 4 is 16.9 Å². The lowest BCUT2D eigenvalue weighted by molar-refractivity contribution is -0.265. The summed E-state index contributed by atoms with van der Waals surface area (Å²) in [5.41, 5.74) is -5.66. The number of alkyl halides is 3. The second kappa shape index (κ2) is 14.0. The van der Waals surface area contributed by atoms with Crippen LogP contribution in [0, 0.1) is 5.82 Å². The molecule has 2 aromatic carbocycles. The highest BCUT2D eigenvalue weighted by Gasteiger charge is 2.57. The van der Waals surface area contributed by atoms with E-state index in [1.165, 1.54) is 44.4 Å². The van der Waals surface area contributed by atoms with Gasteiger partial charge in [0.05, 0.1) is 46.7 Å². The predicted octanol–water partition coefficient (Wildman–Crippen LogP) is 4.89. The highest BCUT2D eigenvalue weighted by atomic mass is 32.2. The van der Waals surface area contributed by atoms with Gasteiger partial charge in [0.15, 0.2) is 17.2 Å². The van der Waals surface area contributed by atoms with Gasteiger partial charge in [-0.15, -0.1) is 0 Å². The lowest BCUT2D eigenvalue weighted by Gasteiger charge is -2.33. The number of benzene rings is 2. The molecule has 0 fully saturated rings. The number of rotatable bonds is 12. The Morgan fingerprint density at radius 3 is 2.35 bits per heavy atom. The monoisotopic (exact) mass is 697 g/mol. The number of fused-ring (bicyclic) bond motifs is 1. The number of nitrogens with one attached hydrogen (secondary N) is 2. The molecule has 1 aromatic heterocycles. The molecular formula is C33H39F4N3O7S. The van der Waals surface area contributed by atoms with Crippen molar-refractivity contribution < 1.29 is 51.0 Å². The molecule has 4 rings (SSSR count). The third kappa shape index (κ3) is 7.59. The maximum absolute atomic E-state index is 14.9. The minimum atomic E-state index is -5.35. The van der Waals surface area contributed by atoms with Gasteiger partial charge in [-0.3, -0.25) is 4.79 Å². The number of ether oxygens (including phenoxy) is 3. The van der Waals surface area contributed by atoms with E-state index in [0.717, 1.165) is 18.2 Å². The third-order valence-corrected chi connectivity index (χ3v) is 9.51. The average molecular weight is 698 g/mol. The van der Waals surface area contributed by atoms with Gasteiger partial charge in [0, 0.05) is 16.7 Å². The zero-order valence-electron chi connectivity index (χ0n) is 27.3. The molecule has 4 atom stereocenters. The predicted molar refractivity (Wildman–Crippen MR) is 171 cm³/mol. The van der Waals surface area contributed by atoms with E-state index in [1.54, 1.807) is 27.7 Å². The van der Waals surface area contributed by atoms with E-state index in [9.17, 15) is 36.8 Å². The van der Waals surface area contributed by atoms with Crippen molar-refractivity contribution in [3.8, 4) is 28.5 Å². The highest BCUT2D eigenvalue weighted by molar-refractivity contribution is 7.84. The number of carbonyl (C=O) groups is 1. The van der Waals surface area contributed by atoms with E-state index in [1.807, 2.05) is 0 Å². The summed E-state index contributed by atoms with van der Waals surface area (Å²) >= 11 is 0. The number of hydrogen-bond donors (Lipinski definition) is 4. The zero-order valence-corrected chi connectivity index (χ0v) is 28.1. The minimum absolute atomic E-state index is 0.0692. The van der Waals surface area contributed by atoms with Crippen LogP contribution in [-0.4, -0.2) is 69.2 Å². The fourth-order valence-electron chi connectivity index (χ4n) is 4.89. The fourth-order valence-corrected chi connectivity index (χ4v) is 5.86. The quantitative estimate of drug-likeness (QED) is 0.197. The van der Waals surface area contributed by atoms with Gasteiger partial charge in [0.2, 0.25) is 5.60 Å². The van der Waals surface area contributed by atoms with Crippen LogP contribution in [0.1, 0.15) is 62.7 Å². The first kappa shape index (κ1) is 37.0. The third-order valence-electron chi connectivity index (χ3n) is 7.82. The minimum Gasteiger partial charge on any atom is -0.493 e. The SMILES string of the molecule is CC[C@@]1(NS(=O)C(C)(C)C)COc2c1cc([C@](O)(CNC(=O)c1ccc(OC[C@@H](C)O)c(OC)c1)C(F)(F)F)nc2-c1ccc(F)cc1. The maximum Gasteiger partial charge on any atom is 0.424 e. The molecule has 0 radical (unpaired) electrons. The van der Waals surface area contributed by atoms with Crippen LogP contribution in [0.25, 0.3) is 11.3 Å². The molecular weight excluding hydrogens is 658 g/mol. The van der Waals surface area contributed by atoms with Crippen LogP contribution >= 0.6 is 0 Å². The second-order valence-electron chi connectivity index (χ2n) is 12.5. The standard InChI is InChI=1S/C33H39F4N3O7S/c1-7-31(40-48(44)30(3,4)5)18-47-28-23(31)15-26(39-27(28)20-8-11-22(34)12-9-20)32(43,33(35,36)37)17-38-29(42)21-10-13-24(25(14-21)45-6)46-16-19(2)41/h8-15,19,40-41,43H,7,16-18H2,1-6H3,(H,38,42)/t19-,31-,32-,48?/m1/s1. The van der Waals surface area contributed by atoms with E-state index in [0.29, 0.717) is 0 Å². The fraction of sp³-hybridized carbons (Fsp3) is 0.455. The second-order valence-corrected chi connectivity index (χ2v) is 14.5. The molecule has 3 aromatic rings. The Labute approximate surface area is 278 Å². The van der Waals surface area contributed by atoms with Gasteiger partial charge in [-0.25, -0.2) is 18.3 Å². The Morgan fingerprint density at radius 2 is 1.79 bits per heavy atom. The van der Waals surface area contributed by atoms with Crippen LogP contribution in [0.4, 0.5) is 17.6 Å². The van der Waals surface area contributed by atoms with Crippen LogP contribution in [0.15, 0.2) is 48.5 Å². The number of pyridine rings is 1. The summed E-state index contributed by atoms with van der Waals surface area (Å²) in [7, 11) is -0.381. The van der Waals surface area contributed by atoms with Crippen LogP contribution in [-0.2, 0) is 22.1 Å². The number of aliphatic hydroxyl groups excluding tert-OH is 1. The van der Waals surface area contributed by atoms with Crippen molar-refractivity contribution in [2.75, 3.05) is 26.9 Å². The maximum atomic E-state index is 14.9. The number of halogens is 4. The van der Waals surface area contributed by atoms with Crippen molar-refractivity contribution in [2.24, 2.45) is 0 Å². The number of aromatic nitrogens is 1. The molecule has 0 aliphatic carbocycles. The average Bonchev–Trinajstić information content (AvgIpc) is 3.39. The molecule has 10 nitrogen and oxygen atoms in total. The number of nitrogens with zero attached hydrogens (tertiary/aromatic N) is 1. The first-order chi connectivity index (χ1) is 22.3. The highest BCUT2D eigenvalue weighted by Crippen LogP contribution is 2.48. The zero-order chi connectivity index (χ0) is 35.7. The Hall–Kier alpha value is -3.79. The van der Waals surface area contributed by atoms with Gasteiger partial charge in [0.1, 0.15) is 24.7 Å². The molecule has 1 unspecified atom stereocenters. The normalized spacial score (nSPS) is 18.7. The smallest absolute Gasteiger partial charge is 0.424 e. The summed E-state index contributed by atoms with van der Waals surface area (Å²) < 4.78 is 90.7. The lowest BCUT2D eigenvalue weighted by atomic mass is 9.86. The van der Waals surface area contributed by atoms with E-state index in [4.69, 9.17) is 14.2 Å². The number of hydrogen-bond acceptors (Lipinski definition) is 8. The molecule has 1 amide bonds. The van der Waals surface area contributed by atoms with Crippen LogP contribution in [0.5, 0.6) is 17.2 Å². The summed E-state index contributed by atoms with van der Waals surface area (Å²) in [6.07, 6.45) is -5.92. The lowest BCUT2D eigenvalue weighted by Crippen LogP contribution is -2.52. The van der Waals surface area contributed by atoms with Crippen molar-refractivity contribution in [3.05, 3.63) is 71.2 Å². The topological polar surface area (TPSA) is 139 Å². The number of aliphatic hydroxyl groups is 2. The summed E-state index contributed by atoms with van der Waals surface area (Å²) in [6, 6.07) is 9.78. The van der Waals surface area contributed by atoms with Crippen molar-refractivity contribution in [1.29, 1.82) is 0 Å². The molecule has 0 bridgehead atoms. The van der Waals surface area contributed by atoms with E-state index in [2.05, 4.69) is 15.0 Å². The van der Waals surface area contributed by atoms with E-state index < -0.39 is 63.1 Å². The first-order valence-corrected chi connectivity index (χ1v) is 16.2. The Kier molecular flexibility index (Phi) is 10.8. The Bertz CT molecular complexity index is 1660. The Morgan fingerprint density at radius 1 is 1.12 bits per heavy atom. The van der Waals surface area contributed by atoms with E-state index in [-0.39, 0.29) is 59.3 Å². The number of methoxy groups -OCH3 is 1. The van der Waals surface area contributed by atoms with Crippen LogP contribution < -0.4 is 24.2 Å². The molecule has 1 aliphatic heterocycles. The Balaban J connectivity index is 1.79. The van der Waals surface area contributed by atoms with Gasteiger partial charge in [-0.2, -0.15) is 13.2 Å².